The smallest absolute Gasteiger partial charge is 0.170 e. The van der Waals surface area contributed by atoms with Crippen LogP contribution in [-0.4, -0.2) is 23.9 Å². The fourth-order valence-corrected chi connectivity index (χ4v) is 3.16. The molecule has 3 nitrogen and oxygen atoms in total. The van der Waals surface area contributed by atoms with Crippen LogP contribution in [0.15, 0.2) is 36.5 Å². The Labute approximate surface area is 119 Å². The molecule has 20 heavy (non-hydrogen) atoms. The minimum Gasteiger partial charge on any atom is -0.316 e. The number of fused-ring (bicyclic) bond motifs is 1. The maximum atomic E-state index is 13.0. The van der Waals surface area contributed by atoms with E-state index in [-0.39, 0.29) is 11.2 Å². The molecule has 2 heterocycles. The predicted molar refractivity (Wildman–Crippen MR) is 80.8 cm³/mol. The topological polar surface area (TPSA) is 42.0 Å². The van der Waals surface area contributed by atoms with Gasteiger partial charge in [0.05, 0.1) is 5.52 Å². The van der Waals surface area contributed by atoms with Gasteiger partial charge >= 0.3 is 0 Å². The molecule has 1 atom stereocenters. The van der Waals surface area contributed by atoms with Gasteiger partial charge in [-0.1, -0.05) is 32.0 Å². The highest BCUT2D eigenvalue weighted by Crippen LogP contribution is 2.37. The standard InChI is InChI=1S/C17H20N2O/c1-12(2)17(7-9-18-11-17)16(20)14-6-5-13-4-3-8-19-15(13)10-14/h3-6,8,10,12,18H,7,9,11H2,1-2H3. The van der Waals surface area contributed by atoms with Crippen LogP contribution in [0.3, 0.4) is 0 Å². The van der Waals surface area contributed by atoms with Crippen molar-refractivity contribution in [3.63, 3.8) is 0 Å². The number of hydrogen-bond donors (Lipinski definition) is 1. The summed E-state index contributed by atoms with van der Waals surface area (Å²) in [5, 5.41) is 4.42. The van der Waals surface area contributed by atoms with Crippen LogP contribution in [0, 0.1) is 11.3 Å². The van der Waals surface area contributed by atoms with E-state index in [1.54, 1.807) is 6.20 Å². The summed E-state index contributed by atoms with van der Waals surface area (Å²) in [7, 11) is 0. The first kappa shape index (κ1) is 13.3. The van der Waals surface area contributed by atoms with Crippen molar-refractivity contribution in [2.24, 2.45) is 11.3 Å². The number of carbonyl (C=O) groups is 1. The molecular weight excluding hydrogens is 248 g/mol. The fourth-order valence-electron chi connectivity index (χ4n) is 3.16. The van der Waals surface area contributed by atoms with Crippen molar-refractivity contribution < 1.29 is 4.79 Å². The van der Waals surface area contributed by atoms with Crippen molar-refractivity contribution in [3.05, 3.63) is 42.1 Å². The monoisotopic (exact) mass is 268 g/mol. The molecule has 1 aromatic carbocycles. The van der Waals surface area contributed by atoms with Crippen molar-refractivity contribution in [2.45, 2.75) is 20.3 Å². The number of benzene rings is 1. The van der Waals surface area contributed by atoms with Gasteiger partial charge in [-0.25, -0.2) is 0 Å². The third kappa shape index (κ3) is 2.02. The average Bonchev–Trinajstić information content (AvgIpc) is 2.97. The van der Waals surface area contributed by atoms with E-state index in [9.17, 15) is 4.79 Å². The molecule has 1 aliphatic rings. The van der Waals surface area contributed by atoms with E-state index in [4.69, 9.17) is 0 Å². The van der Waals surface area contributed by atoms with E-state index >= 15 is 0 Å². The number of nitrogens with zero attached hydrogens (tertiary/aromatic N) is 1. The molecule has 0 radical (unpaired) electrons. The molecule has 0 spiro atoms. The molecule has 104 valence electrons. The zero-order valence-electron chi connectivity index (χ0n) is 12.0. The number of Topliss-reactive ketones (excluding diaryl/α,β-unsaturated/α-hetero) is 1. The molecule has 1 fully saturated rings. The second kappa shape index (κ2) is 4.98. The summed E-state index contributed by atoms with van der Waals surface area (Å²) >= 11 is 0. The van der Waals surface area contributed by atoms with Crippen molar-refractivity contribution in [1.82, 2.24) is 10.3 Å². The Bertz CT molecular complexity index is 642. The summed E-state index contributed by atoms with van der Waals surface area (Å²) in [5.74, 6) is 0.592. The van der Waals surface area contributed by atoms with Gasteiger partial charge in [0.2, 0.25) is 0 Å². The number of ketones is 1. The van der Waals surface area contributed by atoms with E-state index in [2.05, 4.69) is 24.1 Å². The summed E-state index contributed by atoms with van der Waals surface area (Å²) in [6, 6.07) is 9.80. The lowest BCUT2D eigenvalue weighted by atomic mass is 9.71. The van der Waals surface area contributed by atoms with Gasteiger partial charge in [-0.15, -0.1) is 0 Å². The zero-order chi connectivity index (χ0) is 14.2. The molecule has 1 N–H and O–H groups in total. The van der Waals surface area contributed by atoms with Crippen molar-refractivity contribution >= 4 is 16.7 Å². The van der Waals surface area contributed by atoms with Gasteiger partial charge in [0.15, 0.2) is 5.78 Å². The van der Waals surface area contributed by atoms with Crippen molar-refractivity contribution in [1.29, 1.82) is 0 Å². The average molecular weight is 268 g/mol. The van der Waals surface area contributed by atoms with Gasteiger partial charge in [0.25, 0.3) is 0 Å². The van der Waals surface area contributed by atoms with Crippen LogP contribution in [0.2, 0.25) is 0 Å². The minimum atomic E-state index is -0.261. The normalized spacial score (nSPS) is 22.6. The SMILES string of the molecule is CC(C)C1(C(=O)c2ccc3cccnc3c2)CCNC1. The number of carbonyl (C=O) groups excluding carboxylic acids is 1. The summed E-state index contributed by atoms with van der Waals surface area (Å²) in [6.07, 6.45) is 2.69. The molecule has 0 aliphatic carbocycles. The molecule has 1 saturated heterocycles. The second-order valence-corrected chi connectivity index (χ2v) is 5.98. The van der Waals surface area contributed by atoms with Crippen LogP contribution in [0.1, 0.15) is 30.6 Å². The molecule has 2 aromatic rings. The molecule has 1 aliphatic heterocycles. The van der Waals surface area contributed by atoms with E-state index in [0.29, 0.717) is 5.92 Å². The fraction of sp³-hybridized carbons (Fsp3) is 0.412. The van der Waals surface area contributed by atoms with Crippen molar-refractivity contribution in [2.75, 3.05) is 13.1 Å². The first-order valence-corrected chi connectivity index (χ1v) is 7.24. The lowest BCUT2D eigenvalue weighted by Crippen LogP contribution is -2.38. The number of nitrogens with one attached hydrogen (secondary N) is 1. The number of aromatic nitrogens is 1. The lowest BCUT2D eigenvalue weighted by Gasteiger charge is -2.31. The molecule has 0 saturated carbocycles. The Morgan fingerprint density at radius 2 is 2.20 bits per heavy atom. The van der Waals surface area contributed by atoms with E-state index in [1.165, 1.54) is 0 Å². The Hall–Kier alpha value is -1.74. The maximum absolute atomic E-state index is 13.0. The van der Waals surface area contributed by atoms with E-state index < -0.39 is 0 Å². The van der Waals surface area contributed by atoms with Crippen LogP contribution in [0.4, 0.5) is 0 Å². The first-order valence-electron chi connectivity index (χ1n) is 7.24. The Balaban J connectivity index is 2.03. The molecular formula is C17H20N2O. The van der Waals surface area contributed by atoms with Gasteiger partial charge in [-0.05, 0) is 31.0 Å². The van der Waals surface area contributed by atoms with Crippen molar-refractivity contribution in [3.8, 4) is 0 Å². The lowest BCUT2D eigenvalue weighted by molar-refractivity contribution is 0.0740. The highest BCUT2D eigenvalue weighted by Gasteiger charge is 2.43. The Morgan fingerprint density at radius 1 is 1.35 bits per heavy atom. The maximum Gasteiger partial charge on any atom is 0.170 e. The van der Waals surface area contributed by atoms with Crippen LogP contribution < -0.4 is 5.32 Å². The predicted octanol–water partition coefficient (Wildman–Crippen LogP) is 3.05. The summed E-state index contributed by atoms with van der Waals surface area (Å²) in [4.78, 5) is 17.3. The van der Waals surface area contributed by atoms with E-state index in [1.807, 2.05) is 30.3 Å². The largest absolute Gasteiger partial charge is 0.316 e. The highest BCUT2D eigenvalue weighted by molar-refractivity contribution is 6.03. The van der Waals surface area contributed by atoms with Gasteiger partial charge in [0.1, 0.15) is 0 Å². The Morgan fingerprint density at radius 3 is 2.90 bits per heavy atom. The second-order valence-electron chi connectivity index (χ2n) is 5.98. The van der Waals surface area contributed by atoms with Crippen LogP contribution in [-0.2, 0) is 0 Å². The number of hydrogen-bond acceptors (Lipinski definition) is 3. The number of rotatable bonds is 3. The quantitative estimate of drug-likeness (QED) is 0.870. The zero-order valence-corrected chi connectivity index (χ0v) is 12.0. The minimum absolute atomic E-state index is 0.255. The molecule has 0 amide bonds. The Kier molecular flexibility index (Phi) is 3.30. The molecule has 1 unspecified atom stereocenters. The van der Waals surface area contributed by atoms with Gasteiger partial charge in [0, 0.05) is 29.1 Å². The van der Waals surface area contributed by atoms with E-state index in [0.717, 1.165) is 36.0 Å². The summed E-state index contributed by atoms with van der Waals surface area (Å²) < 4.78 is 0. The molecule has 3 rings (SSSR count). The molecule has 0 bridgehead atoms. The molecule has 1 aromatic heterocycles. The van der Waals surface area contributed by atoms with Gasteiger partial charge < -0.3 is 5.32 Å². The molecule has 3 heteroatoms. The van der Waals surface area contributed by atoms with Gasteiger partial charge in [-0.2, -0.15) is 0 Å². The van der Waals surface area contributed by atoms with Crippen LogP contribution in [0.25, 0.3) is 10.9 Å². The third-order valence-corrected chi connectivity index (χ3v) is 4.61. The first-order chi connectivity index (χ1) is 9.63. The summed E-state index contributed by atoms with van der Waals surface area (Å²) in [6.45, 7) is 5.99. The number of pyridine rings is 1. The van der Waals surface area contributed by atoms with Crippen LogP contribution in [0.5, 0.6) is 0 Å². The van der Waals surface area contributed by atoms with Crippen LogP contribution >= 0.6 is 0 Å². The summed E-state index contributed by atoms with van der Waals surface area (Å²) in [5.41, 5.74) is 1.42. The van der Waals surface area contributed by atoms with Gasteiger partial charge in [-0.3, -0.25) is 9.78 Å². The highest BCUT2D eigenvalue weighted by atomic mass is 16.1. The third-order valence-electron chi connectivity index (χ3n) is 4.61.